The number of hydrazone groups is 1. The van der Waals surface area contributed by atoms with Gasteiger partial charge in [0.15, 0.2) is 0 Å². The maximum absolute atomic E-state index is 6.74. The molecule has 5 nitrogen and oxygen atoms in total. The van der Waals surface area contributed by atoms with Crippen LogP contribution in [0.4, 0.5) is 0 Å². The lowest BCUT2D eigenvalue weighted by molar-refractivity contribution is -0.921. The van der Waals surface area contributed by atoms with Crippen LogP contribution in [0, 0.1) is 6.92 Å². The predicted molar refractivity (Wildman–Crippen MR) is 119 cm³/mol. The third-order valence-electron chi connectivity index (χ3n) is 6.97. The summed E-state index contributed by atoms with van der Waals surface area (Å²) >= 11 is 0. The van der Waals surface area contributed by atoms with Gasteiger partial charge < -0.3 is 14.1 Å². The van der Waals surface area contributed by atoms with Crippen molar-refractivity contribution in [2.24, 2.45) is 5.10 Å². The molecule has 158 valence electrons. The second-order valence-electron chi connectivity index (χ2n) is 9.02. The van der Waals surface area contributed by atoms with Crippen LogP contribution in [-0.2, 0) is 6.54 Å². The number of aryl methyl sites for hydroxylation is 1. The standard InChI is InChI=1S/C26H27N3O2/c1-19-11-12-25(30-19)22-17-23-21-9-5-6-10-24(21)31-26(29(23)27-22)13-15-28(16-14-26)18-20-7-3-2-4-8-20/h2-12,23H,13-18H2,1H3/p+1/t23-/m0/s1. The van der Waals surface area contributed by atoms with Crippen LogP contribution in [0.5, 0.6) is 5.75 Å². The molecule has 1 spiro atoms. The Labute approximate surface area is 182 Å². The van der Waals surface area contributed by atoms with Gasteiger partial charge in [0.2, 0.25) is 5.72 Å². The van der Waals surface area contributed by atoms with Gasteiger partial charge in [-0.1, -0.05) is 48.5 Å². The maximum Gasteiger partial charge on any atom is 0.208 e. The average molecular weight is 415 g/mol. The second-order valence-corrected chi connectivity index (χ2v) is 9.02. The third-order valence-corrected chi connectivity index (χ3v) is 6.97. The Hall–Kier alpha value is -3.05. The van der Waals surface area contributed by atoms with Crippen LogP contribution in [0.25, 0.3) is 0 Å². The summed E-state index contributed by atoms with van der Waals surface area (Å²) in [6, 6.07) is 23.5. The number of benzene rings is 2. The van der Waals surface area contributed by atoms with Gasteiger partial charge >= 0.3 is 0 Å². The number of hydrogen-bond acceptors (Lipinski definition) is 4. The van der Waals surface area contributed by atoms with Crippen LogP contribution < -0.4 is 9.64 Å². The molecule has 0 radical (unpaired) electrons. The van der Waals surface area contributed by atoms with Crippen molar-refractivity contribution in [2.75, 3.05) is 13.1 Å². The average Bonchev–Trinajstić information content (AvgIpc) is 3.44. The van der Waals surface area contributed by atoms with Gasteiger partial charge in [0.05, 0.1) is 32.0 Å². The second kappa shape index (κ2) is 7.27. The molecule has 2 aromatic carbocycles. The highest BCUT2D eigenvalue weighted by molar-refractivity contribution is 5.99. The van der Waals surface area contributed by atoms with Crippen molar-refractivity contribution in [3.8, 4) is 5.75 Å². The van der Waals surface area contributed by atoms with Crippen molar-refractivity contribution in [2.45, 2.75) is 44.5 Å². The van der Waals surface area contributed by atoms with Crippen LogP contribution in [0.3, 0.4) is 0 Å². The molecular formula is C26H28N3O2+. The minimum Gasteiger partial charge on any atom is -0.466 e. The van der Waals surface area contributed by atoms with Crippen molar-refractivity contribution in [3.63, 3.8) is 0 Å². The number of para-hydroxylation sites is 1. The quantitative estimate of drug-likeness (QED) is 0.711. The van der Waals surface area contributed by atoms with Crippen LogP contribution in [0.15, 0.2) is 76.2 Å². The van der Waals surface area contributed by atoms with E-state index in [-0.39, 0.29) is 11.8 Å². The summed E-state index contributed by atoms with van der Waals surface area (Å²) < 4.78 is 12.7. The molecule has 0 unspecified atom stereocenters. The van der Waals surface area contributed by atoms with E-state index in [1.165, 1.54) is 11.1 Å². The van der Waals surface area contributed by atoms with E-state index in [9.17, 15) is 0 Å². The Bertz CT molecular complexity index is 1110. The van der Waals surface area contributed by atoms with E-state index in [1.807, 2.05) is 19.1 Å². The molecule has 1 fully saturated rings. The highest BCUT2D eigenvalue weighted by Gasteiger charge is 2.53. The number of quaternary nitrogens is 1. The van der Waals surface area contributed by atoms with Gasteiger partial charge in [0.1, 0.15) is 29.5 Å². The van der Waals surface area contributed by atoms with Crippen LogP contribution in [-0.4, -0.2) is 29.5 Å². The minimum atomic E-state index is -0.372. The number of nitrogens with one attached hydrogen (secondary N) is 1. The number of likely N-dealkylation sites (tertiary alicyclic amines) is 1. The van der Waals surface area contributed by atoms with Gasteiger partial charge in [-0.05, 0) is 25.1 Å². The van der Waals surface area contributed by atoms with E-state index >= 15 is 0 Å². The Kier molecular flexibility index (Phi) is 4.39. The van der Waals surface area contributed by atoms with Gasteiger partial charge in [0, 0.05) is 17.5 Å². The predicted octanol–water partition coefficient (Wildman–Crippen LogP) is 3.71. The molecular weight excluding hydrogens is 386 g/mol. The highest BCUT2D eigenvalue weighted by atomic mass is 16.5. The molecule has 0 aliphatic carbocycles. The summed E-state index contributed by atoms with van der Waals surface area (Å²) in [5.74, 6) is 2.82. The van der Waals surface area contributed by atoms with Crippen molar-refractivity contribution >= 4 is 5.71 Å². The molecule has 0 amide bonds. The number of fused-ring (bicyclic) bond motifs is 4. The molecule has 5 heteroatoms. The fourth-order valence-electron chi connectivity index (χ4n) is 5.35. The first-order valence-corrected chi connectivity index (χ1v) is 11.3. The first kappa shape index (κ1) is 18.7. The summed E-state index contributed by atoms with van der Waals surface area (Å²) in [7, 11) is 0. The lowest BCUT2D eigenvalue weighted by Gasteiger charge is -2.50. The largest absolute Gasteiger partial charge is 0.466 e. The van der Waals surface area contributed by atoms with Crippen molar-refractivity contribution < 1.29 is 14.1 Å². The van der Waals surface area contributed by atoms with Crippen molar-refractivity contribution in [1.29, 1.82) is 0 Å². The van der Waals surface area contributed by atoms with Crippen LogP contribution in [0.1, 0.15) is 48.0 Å². The number of piperidine rings is 1. The van der Waals surface area contributed by atoms with Gasteiger partial charge in [-0.15, -0.1) is 0 Å². The zero-order chi connectivity index (χ0) is 20.8. The molecule has 1 N–H and O–H groups in total. The summed E-state index contributed by atoms with van der Waals surface area (Å²) in [4.78, 5) is 1.61. The normalized spacial score (nSPS) is 26.9. The summed E-state index contributed by atoms with van der Waals surface area (Å²) in [6.45, 7) is 5.20. The summed E-state index contributed by atoms with van der Waals surface area (Å²) in [5.41, 5.74) is 3.28. The zero-order valence-corrected chi connectivity index (χ0v) is 17.9. The Morgan fingerprint density at radius 2 is 1.77 bits per heavy atom. The molecule has 4 heterocycles. The first-order valence-electron chi connectivity index (χ1n) is 11.3. The van der Waals surface area contributed by atoms with Gasteiger partial charge in [-0.3, -0.25) is 0 Å². The number of furan rings is 1. The Balaban J connectivity index is 1.29. The van der Waals surface area contributed by atoms with Crippen molar-refractivity contribution in [3.05, 3.63) is 89.4 Å². The smallest absolute Gasteiger partial charge is 0.208 e. The van der Waals surface area contributed by atoms with Crippen LogP contribution >= 0.6 is 0 Å². The Morgan fingerprint density at radius 1 is 1.00 bits per heavy atom. The van der Waals surface area contributed by atoms with E-state index in [2.05, 4.69) is 59.6 Å². The topological polar surface area (TPSA) is 42.4 Å². The molecule has 0 bridgehead atoms. The van der Waals surface area contributed by atoms with E-state index < -0.39 is 0 Å². The molecule has 6 rings (SSSR count). The monoisotopic (exact) mass is 414 g/mol. The van der Waals surface area contributed by atoms with Crippen molar-refractivity contribution in [1.82, 2.24) is 5.01 Å². The molecule has 3 aliphatic heterocycles. The minimum absolute atomic E-state index is 0.209. The number of rotatable bonds is 3. The van der Waals surface area contributed by atoms with E-state index in [4.69, 9.17) is 14.3 Å². The fraction of sp³-hybridized carbons (Fsp3) is 0.346. The van der Waals surface area contributed by atoms with Crippen LogP contribution in [0.2, 0.25) is 0 Å². The fourth-order valence-corrected chi connectivity index (χ4v) is 5.35. The first-order chi connectivity index (χ1) is 15.2. The molecule has 0 saturated carbocycles. The molecule has 1 aromatic heterocycles. The maximum atomic E-state index is 6.74. The SMILES string of the molecule is Cc1ccc(C2=NN3[C@@H](C2)c2ccccc2OC32CC[NH+](Cc3ccccc3)CC2)o1. The lowest BCUT2D eigenvalue weighted by Crippen LogP contribution is -3.12. The van der Waals surface area contributed by atoms with E-state index in [0.29, 0.717) is 0 Å². The molecule has 3 aliphatic rings. The van der Waals surface area contributed by atoms with E-state index in [0.717, 1.165) is 61.9 Å². The number of hydrogen-bond donors (Lipinski definition) is 1. The van der Waals surface area contributed by atoms with Gasteiger partial charge in [0.25, 0.3) is 0 Å². The van der Waals surface area contributed by atoms with Gasteiger partial charge in [-0.25, -0.2) is 5.01 Å². The molecule has 1 atom stereocenters. The van der Waals surface area contributed by atoms with E-state index in [1.54, 1.807) is 4.90 Å². The van der Waals surface area contributed by atoms with Gasteiger partial charge in [-0.2, -0.15) is 5.10 Å². The Morgan fingerprint density at radius 3 is 2.55 bits per heavy atom. The molecule has 31 heavy (non-hydrogen) atoms. The third kappa shape index (κ3) is 3.24. The molecule has 1 saturated heterocycles. The summed E-state index contributed by atoms with van der Waals surface area (Å²) in [5, 5.41) is 7.37. The lowest BCUT2D eigenvalue weighted by atomic mass is 9.91. The number of ether oxygens (including phenoxy) is 1. The number of nitrogens with zero attached hydrogens (tertiary/aromatic N) is 2. The zero-order valence-electron chi connectivity index (χ0n) is 17.9. The molecule has 3 aromatic rings. The highest BCUT2D eigenvalue weighted by Crippen LogP contribution is 2.49. The summed E-state index contributed by atoms with van der Waals surface area (Å²) in [6.07, 6.45) is 2.79.